The number of rotatable bonds is 6. The molecule has 0 heterocycles. The van der Waals surface area contributed by atoms with Gasteiger partial charge in [-0.2, -0.15) is 4.31 Å². The highest BCUT2D eigenvalue weighted by molar-refractivity contribution is 7.88. The van der Waals surface area contributed by atoms with E-state index in [0.717, 1.165) is 16.1 Å². The predicted molar refractivity (Wildman–Crippen MR) is 77.3 cm³/mol. The predicted octanol–water partition coefficient (Wildman–Crippen LogP) is 0.235. The summed E-state index contributed by atoms with van der Waals surface area (Å²) in [7, 11) is -0.504. The quantitative estimate of drug-likeness (QED) is 0.811. The molecule has 0 atom stereocenters. The molecular weight excluding hydrogens is 296 g/mol. The molecule has 0 bridgehead atoms. The molecule has 0 aromatic heterocycles. The third-order valence-electron chi connectivity index (χ3n) is 2.97. The van der Waals surface area contributed by atoms with E-state index in [1.807, 2.05) is 0 Å². The lowest BCUT2D eigenvalue weighted by Gasteiger charge is -2.20. The van der Waals surface area contributed by atoms with Crippen molar-refractivity contribution in [3.63, 3.8) is 0 Å². The number of amides is 1. The van der Waals surface area contributed by atoms with Gasteiger partial charge in [0.05, 0.1) is 18.4 Å². The Morgan fingerprint density at radius 2 is 1.67 bits per heavy atom. The first-order chi connectivity index (χ1) is 9.61. The van der Waals surface area contributed by atoms with Crippen molar-refractivity contribution in [3.8, 4) is 0 Å². The molecular formula is C13H18N2O5S. The van der Waals surface area contributed by atoms with E-state index in [2.05, 4.69) is 0 Å². The maximum atomic E-state index is 11.9. The van der Waals surface area contributed by atoms with E-state index in [0.29, 0.717) is 0 Å². The minimum absolute atomic E-state index is 0.171. The second-order valence-corrected chi connectivity index (χ2v) is 6.86. The lowest BCUT2D eigenvalue weighted by molar-refractivity contribution is -0.130. The van der Waals surface area contributed by atoms with Crippen LogP contribution in [0.15, 0.2) is 24.3 Å². The largest absolute Gasteiger partial charge is 0.478 e. The van der Waals surface area contributed by atoms with Gasteiger partial charge in [-0.15, -0.1) is 0 Å². The Bertz CT molecular complexity index is 624. The van der Waals surface area contributed by atoms with Crippen molar-refractivity contribution >= 4 is 21.9 Å². The molecule has 1 aromatic rings. The summed E-state index contributed by atoms with van der Waals surface area (Å²) in [6.45, 7) is 0.0406. The maximum absolute atomic E-state index is 11.9. The van der Waals surface area contributed by atoms with Crippen LogP contribution in [-0.2, 0) is 21.4 Å². The number of carbonyl (C=O) groups excluding carboxylic acids is 1. The molecule has 1 amide bonds. The molecule has 0 unspecified atom stereocenters. The molecule has 0 saturated carbocycles. The van der Waals surface area contributed by atoms with E-state index in [-0.39, 0.29) is 24.6 Å². The highest BCUT2D eigenvalue weighted by Gasteiger charge is 2.18. The molecule has 0 spiro atoms. The zero-order valence-corrected chi connectivity index (χ0v) is 12.9. The minimum atomic E-state index is -3.40. The van der Waals surface area contributed by atoms with Crippen molar-refractivity contribution in [2.45, 2.75) is 6.54 Å². The van der Waals surface area contributed by atoms with Crippen LogP contribution >= 0.6 is 0 Å². The Hall–Kier alpha value is -1.93. The number of nitrogens with zero attached hydrogens (tertiary/aromatic N) is 2. The smallest absolute Gasteiger partial charge is 0.335 e. The normalized spacial score (nSPS) is 11.4. The third kappa shape index (κ3) is 5.16. The molecule has 1 N–H and O–H groups in total. The van der Waals surface area contributed by atoms with Crippen molar-refractivity contribution in [3.05, 3.63) is 35.4 Å². The van der Waals surface area contributed by atoms with E-state index in [4.69, 9.17) is 5.11 Å². The summed E-state index contributed by atoms with van der Waals surface area (Å²) in [6.07, 6.45) is 1.03. The number of benzene rings is 1. The molecule has 0 aliphatic heterocycles. The van der Waals surface area contributed by atoms with E-state index in [9.17, 15) is 18.0 Å². The molecule has 0 aliphatic rings. The number of aromatic carboxylic acids is 1. The third-order valence-corrected chi connectivity index (χ3v) is 4.23. The average Bonchev–Trinajstić information content (AvgIpc) is 2.37. The first-order valence-corrected chi connectivity index (χ1v) is 7.93. The number of sulfonamides is 1. The van der Waals surface area contributed by atoms with E-state index >= 15 is 0 Å². The van der Waals surface area contributed by atoms with Gasteiger partial charge in [0.2, 0.25) is 15.9 Å². The Labute approximate surface area is 123 Å². The summed E-state index contributed by atoms with van der Waals surface area (Å²) in [5, 5.41) is 8.79. The lowest BCUT2D eigenvalue weighted by atomic mass is 10.1. The summed E-state index contributed by atoms with van der Waals surface area (Å²) in [5.74, 6) is -1.36. The summed E-state index contributed by atoms with van der Waals surface area (Å²) >= 11 is 0. The Morgan fingerprint density at radius 3 is 2.10 bits per heavy atom. The van der Waals surface area contributed by atoms with Gasteiger partial charge in [-0.05, 0) is 17.7 Å². The summed E-state index contributed by atoms with van der Waals surface area (Å²) < 4.78 is 23.5. The number of carboxylic acids is 1. The number of hydrogen-bond donors (Lipinski definition) is 1. The van der Waals surface area contributed by atoms with Gasteiger partial charge in [-0.1, -0.05) is 12.1 Å². The van der Waals surface area contributed by atoms with Crippen LogP contribution in [0.4, 0.5) is 0 Å². The molecule has 0 saturated heterocycles. The van der Waals surface area contributed by atoms with Gasteiger partial charge in [0.25, 0.3) is 0 Å². The molecule has 8 heteroatoms. The molecule has 0 aliphatic carbocycles. The van der Waals surface area contributed by atoms with Crippen molar-refractivity contribution in [1.82, 2.24) is 9.21 Å². The van der Waals surface area contributed by atoms with Gasteiger partial charge in [0.15, 0.2) is 0 Å². The standard InChI is InChI=1S/C13H18N2O5S/c1-14(12(16)9-15(2)21(3,19)20)8-10-4-6-11(7-5-10)13(17)18/h4-7H,8-9H2,1-3H3,(H,17,18). The summed E-state index contributed by atoms with van der Waals surface area (Å²) in [4.78, 5) is 24.0. The number of carbonyl (C=O) groups is 2. The van der Waals surface area contributed by atoms with Crippen LogP contribution in [0.5, 0.6) is 0 Å². The van der Waals surface area contributed by atoms with Gasteiger partial charge in [-0.25, -0.2) is 13.2 Å². The van der Waals surface area contributed by atoms with Crippen LogP contribution in [0.25, 0.3) is 0 Å². The fraction of sp³-hybridized carbons (Fsp3) is 0.385. The fourth-order valence-corrected chi connectivity index (χ4v) is 1.89. The summed E-state index contributed by atoms with van der Waals surface area (Å²) in [6, 6.07) is 6.15. The van der Waals surface area contributed by atoms with Crippen molar-refractivity contribution in [2.75, 3.05) is 26.9 Å². The Kier molecular flexibility index (Phi) is 5.45. The van der Waals surface area contributed by atoms with Crippen LogP contribution in [0.1, 0.15) is 15.9 Å². The van der Waals surface area contributed by atoms with Gasteiger partial charge in [-0.3, -0.25) is 4.79 Å². The second-order valence-electron chi connectivity index (χ2n) is 4.77. The van der Waals surface area contributed by atoms with Gasteiger partial charge in [0.1, 0.15) is 0 Å². The van der Waals surface area contributed by atoms with E-state index in [1.165, 1.54) is 24.1 Å². The fourth-order valence-electron chi connectivity index (χ4n) is 1.54. The van der Waals surface area contributed by atoms with E-state index < -0.39 is 16.0 Å². The number of hydrogen-bond acceptors (Lipinski definition) is 4. The number of likely N-dealkylation sites (N-methyl/N-ethyl adjacent to an activating group) is 2. The zero-order valence-electron chi connectivity index (χ0n) is 12.1. The molecule has 1 aromatic carbocycles. The average molecular weight is 314 g/mol. The molecule has 1 rings (SSSR count). The van der Waals surface area contributed by atoms with Crippen LogP contribution in [0.3, 0.4) is 0 Å². The maximum Gasteiger partial charge on any atom is 0.335 e. The van der Waals surface area contributed by atoms with Crippen LogP contribution in [0.2, 0.25) is 0 Å². The first-order valence-electron chi connectivity index (χ1n) is 6.08. The Balaban J connectivity index is 2.66. The second kappa shape index (κ2) is 6.68. The zero-order chi connectivity index (χ0) is 16.2. The lowest BCUT2D eigenvalue weighted by Crippen LogP contribution is -2.38. The van der Waals surface area contributed by atoms with Crippen molar-refractivity contribution in [2.24, 2.45) is 0 Å². The Morgan fingerprint density at radius 1 is 1.14 bits per heavy atom. The van der Waals surface area contributed by atoms with Crippen molar-refractivity contribution < 1.29 is 23.1 Å². The van der Waals surface area contributed by atoms with Gasteiger partial charge >= 0.3 is 5.97 Å². The van der Waals surface area contributed by atoms with Crippen LogP contribution in [0, 0.1) is 0 Å². The molecule has 7 nitrogen and oxygen atoms in total. The minimum Gasteiger partial charge on any atom is -0.478 e. The monoisotopic (exact) mass is 314 g/mol. The summed E-state index contributed by atoms with van der Waals surface area (Å²) in [5.41, 5.74) is 0.933. The number of carboxylic acid groups (broad SMARTS) is 1. The highest BCUT2D eigenvalue weighted by atomic mass is 32.2. The highest BCUT2D eigenvalue weighted by Crippen LogP contribution is 2.07. The SMILES string of the molecule is CN(Cc1ccc(C(=O)O)cc1)C(=O)CN(C)S(C)(=O)=O. The van der Waals surface area contributed by atoms with Gasteiger partial charge in [0, 0.05) is 20.6 Å². The molecule has 0 radical (unpaired) electrons. The molecule has 0 fully saturated rings. The topological polar surface area (TPSA) is 95.0 Å². The molecule has 116 valence electrons. The van der Waals surface area contributed by atoms with E-state index in [1.54, 1.807) is 19.2 Å². The van der Waals surface area contributed by atoms with Crippen molar-refractivity contribution in [1.29, 1.82) is 0 Å². The first kappa shape index (κ1) is 17.1. The molecule has 21 heavy (non-hydrogen) atoms. The van der Waals surface area contributed by atoms with Crippen LogP contribution in [-0.4, -0.2) is 61.5 Å². The van der Waals surface area contributed by atoms with Crippen LogP contribution < -0.4 is 0 Å². The van der Waals surface area contributed by atoms with Gasteiger partial charge < -0.3 is 10.0 Å².